The van der Waals surface area contributed by atoms with E-state index in [1.807, 2.05) is 12.1 Å². The first-order chi connectivity index (χ1) is 7.25. The van der Waals surface area contributed by atoms with Crippen LogP contribution in [0.3, 0.4) is 0 Å². The SMILES string of the molecule is Nc1cccc(CC(=O)c2ccco2)c1. The van der Waals surface area contributed by atoms with Gasteiger partial charge in [0, 0.05) is 12.1 Å². The molecular formula is C12H11NO2. The van der Waals surface area contributed by atoms with E-state index in [9.17, 15) is 4.79 Å². The molecule has 1 heterocycles. The van der Waals surface area contributed by atoms with Gasteiger partial charge in [0.2, 0.25) is 5.78 Å². The van der Waals surface area contributed by atoms with Gasteiger partial charge in [-0.3, -0.25) is 4.79 Å². The topological polar surface area (TPSA) is 56.2 Å². The fraction of sp³-hybridized carbons (Fsp3) is 0.0833. The molecule has 76 valence electrons. The third kappa shape index (κ3) is 2.26. The summed E-state index contributed by atoms with van der Waals surface area (Å²) in [6, 6.07) is 10.7. The molecule has 3 nitrogen and oxygen atoms in total. The lowest BCUT2D eigenvalue weighted by Gasteiger charge is -1.99. The van der Waals surface area contributed by atoms with E-state index in [1.165, 1.54) is 6.26 Å². The highest BCUT2D eigenvalue weighted by Crippen LogP contribution is 2.11. The summed E-state index contributed by atoms with van der Waals surface area (Å²) in [4.78, 5) is 11.7. The van der Waals surface area contributed by atoms with Crippen LogP contribution in [0.15, 0.2) is 47.1 Å². The second-order valence-electron chi connectivity index (χ2n) is 3.32. The van der Waals surface area contributed by atoms with Gasteiger partial charge >= 0.3 is 0 Å². The van der Waals surface area contributed by atoms with Crippen LogP contribution in [0.4, 0.5) is 5.69 Å². The summed E-state index contributed by atoms with van der Waals surface area (Å²) in [5.41, 5.74) is 7.18. The number of furan rings is 1. The molecule has 2 rings (SSSR count). The Bertz CT molecular complexity index is 460. The van der Waals surface area contributed by atoms with Crippen LogP contribution in [-0.2, 0) is 6.42 Å². The zero-order valence-corrected chi connectivity index (χ0v) is 8.14. The lowest BCUT2D eigenvalue weighted by molar-refractivity contribution is 0.0966. The Morgan fingerprint density at radius 3 is 2.80 bits per heavy atom. The first kappa shape index (κ1) is 9.52. The van der Waals surface area contributed by atoms with Gasteiger partial charge in [-0.05, 0) is 29.8 Å². The van der Waals surface area contributed by atoms with Gasteiger partial charge in [0.25, 0.3) is 0 Å². The number of nitrogen functional groups attached to an aromatic ring is 1. The number of carbonyl (C=O) groups excluding carboxylic acids is 1. The normalized spacial score (nSPS) is 10.1. The molecule has 0 unspecified atom stereocenters. The average Bonchev–Trinajstić information content (AvgIpc) is 2.70. The lowest BCUT2D eigenvalue weighted by atomic mass is 10.1. The second kappa shape index (κ2) is 4.00. The summed E-state index contributed by atoms with van der Waals surface area (Å²) in [5, 5.41) is 0. The number of anilines is 1. The predicted octanol–water partition coefficient (Wildman–Crippen LogP) is 2.29. The highest BCUT2D eigenvalue weighted by Gasteiger charge is 2.09. The van der Waals surface area contributed by atoms with Crippen LogP contribution >= 0.6 is 0 Å². The van der Waals surface area contributed by atoms with Crippen molar-refractivity contribution in [2.24, 2.45) is 0 Å². The molecule has 0 saturated carbocycles. The quantitative estimate of drug-likeness (QED) is 0.612. The minimum atomic E-state index is -0.0365. The molecule has 2 N–H and O–H groups in total. The summed E-state index contributed by atoms with van der Waals surface area (Å²) in [6.07, 6.45) is 1.81. The molecule has 0 saturated heterocycles. The van der Waals surface area contributed by atoms with Crippen molar-refractivity contribution in [2.45, 2.75) is 6.42 Å². The number of rotatable bonds is 3. The number of hydrogen-bond donors (Lipinski definition) is 1. The molecule has 0 bridgehead atoms. The fourth-order valence-electron chi connectivity index (χ4n) is 1.41. The second-order valence-corrected chi connectivity index (χ2v) is 3.32. The summed E-state index contributed by atoms with van der Waals surface area (Å²) in [5.74, 6) is 0.350. The number of Topliss-reactive ketones (excluding diaryl/α,β-unsaturated/α-hetero) is 1. The molecule has 0 fully saturated rings. The zero-order chi connectivity index (χ0) is 10.7. The van der Waals surface area contributed by atoms with Crippen LogP contribution in [-0.4, -0.2) is 5.78 Å². The predicted molar refractivity (Wildman–Crippen MR) is 57.6 cm³/mol. The molecule has 0 atom stereocenters. The molecule has 15 heavy (non-hydrogen) atoms. The summed E-state index contributed by atoms with van der Waals surface area (Å²) < 4.78 is 5.02. The fourth-order valence-corrected chi connectivity index (χ4v) is 1.41. The Morgan fingerprint density at radius 2 is 2.13 bits per heavy atom. The van der Waals surface area contributed by atoms with Crippen LogP contribution in [0.5, 0.6) is 0 Å². The molecule has 0 aliphatic rings. The van der Waals surface area contributed by atoms with Crippen molar-refractivity contribution in [1.29, 1.82) is 0 Å². The molecule has 0 aliphatic carbocycles. The van der Waals surface area contributed by atoms with E-state index in [1.54, 1.807) is 24.3 Å². The van der Waals surface area contributed by atoms with Crippen LogP contribution in [0, 0.1) is 0 Å². The Hall–Kier alpha value is -2.03. The smallest absolute Gasteiger partial charge is 0.202 e. The van der Waals surface area contributed by atoms with E-state index in [0.29, 0.717) is 17.9 Å². The largest absolute Gasteiger partial charge is 0.461 e. The monoisotopic (exact) mass is 201 g/mol. The molecule has 1 aromatic carbocycles. The van der Waals surface area contributed by atoms with Crippen LogP contribution in [0.2, 0.25) is 0 Å². The van der Waals surface area contributed by atoms with Crippen LogP contribution in [0.25, 0.3) is 0 Å². The number of carbonyl (C=O) groups is 1. The summed E-state index contributed by atoms with van der Waals surface area (Å²) in [6.45, 7) is 0. The van der Waals surface area contributed by atoms with Crippen molar-refractivity contribution < 1.29 is 9.21 Å². The van der Waals surface area contributed by atoms with Gasteiger partial charge in [-0.15, -0.1) is 0 Å². The number of ketones is 1. The van der Waals surface area contributed by atoms with Crippen LogP contribution < -0.4 is 5.73 Å². The maximum Gasteiger partial charge on any atom is 0.202 e. The van der Waals surface area contributed by atoms with Crippen molar-refractivity contribution >= 4 is 11.5 Å². The minimum absolute atomic E-state index is 0.0365. The Kier molecular flexibility index (Phi) is 2.54. The summed E-state index contributed by atoms with van der Waals surface area (Å²) in [7, 11) is 0. The third-order valence-corrected chi connectivity index (χ3v) is 2.11. The van der Waals surface area contributed by atoms with Crippen molar-refractivity contribution in [1.82, 2.24) is 0 Å². The van der Waals surface area contributed by atoms with Gasteiger partial charge in [-0.25, -0.2) is 0 Å². The first-order valence-electron chi connectivity index (χ1n) is 4.67. The zero-order valence-electron chi connectivity index (χ0n) is 8.14. The molecule has 0 spiro atoms. The highest BCUT2D eigenvalue weighted by atomic mass is 16.3. The number of hydrogen-bond acceptors (Lipinski definition) is 3. The average molecular weight is 201 g/mol. The molecule has 3 heteroatoms. The number of nitrogens with two attached hydrogens (primary N) is 1. The minimum Gasteiger partial charge on any atom is -0.461 e. The van der Waals surface area contributed by atoms with Gasteiger partial charge in [0.1, 0.15) is 0 Å². The summed E-state index contributed by atoms with van der Waals surface area (Å²) >= 11 is 0. The van der Waals surface area contributed by atoms with E-state index in [4.69, 9.17) is 10.2 Å². The Balaban J connectivity index is 2.13. The standard InChI is InChI=1S/C12H11NO2/c13-10-4-1-3-9(7-10)8-11(14)12-5-2-6-15-12/h1-7H,8,13H2. The van der Waals surface area contributed by atoms with Crippen molar-refractivity contribution in [3.05, 3.63) is 54.0 Å². The molecular weight excluding hydrogens is 190 g/mol. The van der Waals surface area contributed by atoms with Gasteiger partial charge in [-0.1, -0.05) is 12.1 Å². The van der Waals surface area contributed by atoms with Crippen molar-refractivity contribution in [2.75, 3.05) is 5.73 Å². The van der Waals surface area contributed by atoms with E-state index in [2.05, 4.69) is 0 Å². The highest BCUT2D eigenvalue weighted by molar-refractivity contribution is 5.95. The molecule has 0 aliphatic heterocycles. The van der Waals surface area contributed by atoms with E-state index in [0.717, 1.165) is 5.56 Å². The van der Waals surface area contributed by atoms with Gasteiger partial charge in [0.05, 0.1) is 6.26 Å². The van der Waals surface area contributed by atoms with E-state index in [-0.39, 0.29) is 5.78 Å². The van der Waals surface area contributed by atoms with E-state index < -0.39 is 0 Å². The van der Waals surface area contributed by atoms with E-state index >= 15 is 0 Å². The van der Waals surface area contributed by atoms with Gasteiger partial charge < -0.3 is 10.2 Å². The van der Waals surface area contributed by atoms with Gasteiger partial charge in [0.15, 0.2) is 5.76 Å². The van der Waals surface area contributed by atoms with Gasteiger partial charge in [-0.2, -0.15) is 0 Å². The molecule has 0 radical (unpaired) electrons. The van der Waals surface area contributed by atoms with Crippen LogP contribution in [0.1, 0.15) is 16.1 Å². The first-order valence-corrected chi connectivity index (χ1v) is 4.67. The Morgan fingerprint density at radius 1 is 1.27 bits per heavy atom. The van der Waals surface area contributed by atoms with Crippen molar-refractivity contribution in [3.8, 4) is 0 Å². The maximum absolute atomic E-state index is 11.7. The number of benzene rings is 1. The molecule has 2 aromatic rings. The molecule has 1 aromatic heterocycles. The molecule has 0 amide bonds. The lowest BCUT2D eigenvalue weighted by Crippen LogP contribution is -2.02. The third-order valence-electron chi connectivity index (χ3n) is 2.11. The maximum atomic E-state index is 11.7. The van der Waals surface area contributed by atoms with Crippen molar-refractivity contribution in [3.63, 3.8) is 0 Å². The Labute approximate surface area is 87.5 Å².